The third kappa shape index (κ3) is 7.36. The molecule has 1 unspecified atom stereocenters. The Morgan fingerprint density at radius 2 is 1.79 bits per heavy atom. The highest BCUT2D eigenvalue weighted by molar-refractivity contribution is 9.09. The summed E-state index contributed by atoms with van der Waals surface area (Å²) < 4.78 is 0. The van der Waals surface area contributed by atoms with Gasteiger partial charge in [-0.1, -0.05) is 43.6 Å². The summed E-state index contributed by atoms with van der Waals surface area (Å²) in [4.78, 5) is 11.5. The van der Waals surface area contributed by atoms with Crippen molar-refractivity contribution in [2.75, 3.05) is 5.33 Å². The molecule has 1 amide bonds. The topological polar surface area (TPSA) is 29.1 Å². The molecule has 0 aromatic carbocycles. The van der Waals surface area contributed by atoms with Gasteiger partial charge in [0.15, 0.2) is 0 Å². The van der Waals surface area contributed by atoms with Crippen LogP contribution >= 0.6 is 15.9 Å². The van der Waals surface area contributed by atoms with Gasteiger partial charge in [0, 0.05) is 17.8 Å². The molecule has 84 valence electrons. The predicted octanol–water partition coefficient (Wildman–Crippen LogP) is 2.96. The summed E-state index contributed by atoms with van der Waals surface area (Å²) >= 11 is 3.42. The molecule has 0 saturated heterocycles. The normalized spacial score (nSPS) is 13.4. The van der Waals surface area contributed by atoms with Crippen molar-refractivity contribution in [2.24, 2.45) is 11.8 Å². The second-order valence-corrected chi connectivity index (χ2v) is 5.29. The first-order valence-corrected chi connectivity index (χ1v) is 6.43. The van der Waals surface area contributed by atoms with E-state index in [4.69, 9.17) is 0 Å². The summed E-state index contributed by atoms with van der Waals surface area (Å²) in [6.07, 6.45) is 1.66. The van der Waals surface area contributed by atoms with E-state index in [1.54, 1.807) is 0 Å². The number of alkyl halides is 1. The zero-order valence-corrected chi connectivity index (χ0v) is 11.2. The zero-order chi connectivity index (χ0) is 11.1. The van der Waals surface area contributed by atoms with Gasteiger partial charge >= 0.3 is 0 Å². The van der Waals surface area contributed by atoms with Crippen LogP contribution in [-0.2, 0) is 4.79 Å². The molecule has 0 aliphatic heterocycles. The Balaban J connectivity index is 3.86. The standard InChI is InChI=1S/C11H22BrNO/c1-8(2)5-10(7-12)13-11(14)6-9(3)4/h8-10H,5-7H2,1-4H3,(H,13,14). The van der Waals surface area contributed by atoms with Gasteiger partial charge in [-0.25, -0.2) is 0 Å². The van der Waals surface area contributed by atoms with Crippen molar-refractivity contribution in [3.8, 4) is 0 Å². The van der Waals surface area contributed by atoms with Crippen LogP contribution in [0.3, 0.4) is 0 Å². The van der Waals surface area contributed by atoms with Crippen molar-refractivity contribution in [1.82, 2.24) is 5.32 Å². The molecule has 0 bridgehead atoms. The molecule has 2 nitrogen and oxygen atoms in total. The number of carbonyl (C=O) groups excluding carboxylic acids is 1. The van der Waals surface area contributed by atoms with E-state index in [0.717, 1.165) is 11.8 Å². The summed E-state index contributed by atoms with van der Waals surface area (Å²) in [7, 11) is 0. The third-order valence-corrected chi connectivity index (χ3v) is 2.68. The van der Waals surface area contributed by atoms with E-state index in [2.05, 4.69) is 48.9 Å². The molecule has 0 heterocycles. The Labute approximate surface area is 96.0 Å². The first-order chi connectivity index (χ1) is 6.45. The Morgan fingerprint density at radius 3 is 2.14 bits per heavy atom. The van der Waals surface area contributed by atoms with E-state index in [9.17, 15) is 4.79 Å². The Bertz CT molecular complexity index is 169. The lowest BCUT2D eigenvalue weighted by Crippen LogP contribution is -2.37. The van der Waals surface area contributed by atoms with Crippen molar-refractivity contribution in [2.45, 2.75) is 46.6 Å². The SMILES string of the molecule is CC(C)CC(=O)NC(CBr)CC(C)C. The molecule has 14 heavy (non-hydrogen) atoms. The molecule has 0 aromatic rings. The summed E-state index contributed by atoms with van der Waals surface area (Å²) in [5, 5.41) is 3.89. The molecule has 1 atom stereocenters. The Morgan fingerprint density at radius 1 is 1.21 bits per heavy atom. The fraction of sp³-hybridized carbons (Fsp3) is 0.909. The van der Waals surface area contributed by atoms with E-state index in [-0.39, 0.29) is 11.9 Å². The van der Waals surface area contributed by atoms with Gasteiger partial charge in [0.2, 0.25) is 5.91 Å². The Hall–Kier alpha value is -0.0500. The van der Waals surface area contributed by atoms with Crippen molar-refractivity contribution in [1.29, 1.82) is 0 Å². The monoisotopic (exact) mass is 263 g/mol. The molecular weight excluding hydrogens is 242 g/mol. The number of hydrogen-bond donors (Lipinski definition) is 1. The molecule has 0 saturated carbocycles. The molecule has 0 spiro atoms. The highest BCUT2D eigenvalue weighted by Crippen LogP contribution is 2.08. The number of halogens is 1. The summed E-state index contributed by atoms with van der Waals surface area (Å²) in [5.41, 5.74) is 0. The van der Waals surface area contributed by atoms with Gasteiger partial charge in [-0.2, -0.15) is 0 Å². The van der Waals surface area contributed by atoms with Gasteiger partial charge in [0.1, 0.15) is 0 Å². The van der Waals surface area contributed by atoms with Crippen molar-refractivity contribution in [3.63, 3.8) is 0 Å². The first kappa shape index (κ1) is 13.9. The van der Waals surface area contributed by atoms with Gasteiger partial charge < -0.3 is 5.32 Å². The first-order valence-electron chi connectivity index (χ1n) is 5.31. The minimum absolute atomic E-state index is 0.171. The lowest BCUT2D eigenvalue weighted by Gasteiger charge is -2.18. The van der Waals surface area contributed by atoms with Crippen LogP contribution in [-0.4, -0.2) is 17.3 Å². The smallest absolute Gasteiger partial charge is 0.220 e. The van der Waals surface area contributed by atoms with Crippen LogP contribution in [0.1, 0.15) is 40.5 Å². The number of hydrogen-bond acceptors (Lipinski definition) is 1. The van der Waals surface area contributed by atoms with Crippen LogP contribution in [0.2, 0.25) is 0 Å². The third-order valence-electron chi connectivity index (χ3n) is 1.90. The van der Waals surface area contributed by atoms with Crippen molar-refractivity contribution in [3.05, 3.63) is 0 Å². The van der Waals surface area contributed by atoms with Crippen LogP contribution in [0, 0.1) is 11.8 Å². The lowest BCUT2D eigenvalue weighted by molar-refractivity contribution is -0.122. The maximum atomic E-state index is 11.5. The lowest BCUT2D eigenvalue weighted by atomic mass is 10.0. The van der Waals surface area contributed by atoms with Gasteiger partial charge in [0.05, 0.1) is 0 Å². The van der Waals surface area contributed by atoms with Crippen LogP contribution in [0.15, 0.2) is 0 Å². The fourth-order valence-corrected chi connectivity index (χ4v) is 1.81. The largest absolute Gasteiger partial charge is 0.353 e. The molecule has 0 rings (SSSR count). The van der Waals surface area contributed by atoms with Gasteiger partial charge in [-0.05, 0) is 18.3 Å². The quantitative estimate of drug-likeness (QED) is 0.734. The van der Waals surface area contributed by atoms with Crippen molar-refractivity contribution >= 4 is 21.8 Å². The number of amides is 1. The summed E-state index contributed by atoms with van der Waals surface area (Å²) in [5.74, 6) is 1.23. The molecule has 0 aliphatic rings. The number of nitrogens with one attached hydrogen (secondary N) is 1. The second kappa shape index (κ2) is 7.27. The molecule has 3 heteroatoms. The Kier molecular flexibility index (Phi) is 7.24. The predicted molar refractivity (Wildman–Crippen MR) is 64.6 cm³/mol. The maximum Gasteiger partial charge on any atom is 0.220 e. The van der Waals surface area contributed by atoms with Crippen LogP contribution in [0.25, 0.3) is 0 Å². The van der Waals surface area contributed by atoms with E-state index >= 15 is 0 Å². The van der Waals surface area contributed by atoms with Crippen LogP contribution < -0.4 is 5.32 Å². The average Bonchev–Trinajstić information content (AvgIpc) is 2.00. The minimum atomic E-state index is 0.171. The highest BCUT2D eigenvalue weighted by Gasteiger charge is 2.13. The number of rotatable bonds is 6. The van der Waals surface area contributed by atoms with Gasteiger partial charge in [0.25, 0.3) is 0 Å². The number of carbonyl (C=O) groups is 1. The summed E-state index contributed by atoms with van der Waals surface area (Å²) in [6, 6.07) is 0.279. The zero-order valence-electron chi connectivity index (χ0n) is 9.64. The molecular formula is C11H22BrNO. The minimum Gasteiger partial charge on any atom is -0.353 e. The molecule has 0 aromatic heterocycles. The average molecular weight is 264 g/mol. The fourth-order valence-electron chi connectivity index (χ4n) is 1.39. The van der Waals surface area contributed by atoms with Crippen LogP contribution in [0.4, 0.5) is 0 Å². The van der Waals surface area contributed by atoms with E-state index in [1.165, 1.54) is 0 Å². The second-order valence-electron chi connectivity index (χ2n) is 4.65. The molecule has 0 radical (unpaired) electrons. The summed E-state index contributed by atoms with van der Waals surface area (Å²) in [6.45, 7) is 8.46. The molecule has 0 aliphatic carbocycles. The molecule has 0 fully saturated rings. The van der Waals surface area contributed by atoms with Gasteiger partial charge in [-0.3, -0.25) is 4.79 Å². The molecule has 1 N–H and O–H groups in total. The van der Waals surface area contributed by atoms with Crippen LogP contribution in [0.5, 0.6) is 0 Å². The highest BCUT2D eigenvalue weighted by atomic mass is 79.9. The van der Waals surface area contributed by atoms with E-state index < -0.39 is 0 Å². The van der Waals surface area contributed by atoms with E-state index in [0.29, 0.717) is 18.3 Å². The van der Waals surface area contributed by atoms with Gasteiger partial charge in [-0.15, -0.1) is 0 Å². The van der Waals surface area contributed by atoms with Crippen molar-refractivity contribution < 1.29 is 4.79 Å². The maximum absolute atomic E-state index is 11.5. The van der Waals surface area contributed by atoms with E-state index in [1.807, 2.05) is 0 Å².